The number of benzene rings is 8. The molecule has 0 bridgehead atoms. The highest BCUT2D eigenvalue weighted by atomic mass is 16.3. The van der Waals surface area contributed by atoms with Crippen LogP contribution < -0.4 is 0 Å². The summed E-state index contributed by atoms with van der Waals surface area (Å²) in [5, 5.41) is 8.02. The summed E-state index contributed by atoms with van der Waals surface area (Å²) in [6.45, 7) is 0. The van der Waals surface area contributed by atoms with Crippen LogP contribution in [0.25, 0.3) is 116 Å². The Kier molecular flexibility index (Phi) is 7.16. The molecule has 5 nitrogen and oxygen atoms in total. The molecule has 0 spiro atoms. The van der Waals surface area contributed by atoms with Crippen molar-refractivity contribution in [2.45, 2.75) is 0 Å². The summed E-state index contributed by atoms with van der Waals surface area (Å²) in [5.74, 6) is 0.636. The summed E-state index contributed by atoms with van der Waals surface area (Å²) in [7, 11) is 0. The summed E-state index contributed by atoms with van der Waals surface area (Å²) in [4.78, 5) is 15.7. The van der Waals surface area contributed by atoms with E-state index in [9.17, 15) is 0 Å². The van der Waals surface area contributed by atoms with Gasteiger partial charge in [-0.1, -0.05) is 140 Å². The molecule has 8 aromatic carbocycles. The van der Waals surface area contributed by atoms with E-state index < -0.39 is 0 Å². The molecule has 12 rings (SSSR count). The van der Waals surface area contributed by atoms with Crippen molar-refractivity contribution in [1.29, 1.82) is 0 Å². The average molecular weight is 741 g/mol. The molecule has 270 valence electrons. The molecule has 5 heteroatoms. The zero-order chi connectivity index (χ0) is 38.2. The van der Waals surface area contributed by atoms with E-state index in [1.54, 1.807) is 0 Å². The topological polar surface area (TPSA) is 56.7 Å². The Morgan fingerprint density at radius 1 is 0.397 bits per heavy atom. The number of fused-ring (bicyclic) bond motifs is 9. The maximum Gasteiger partial charge on any atom is 0.162 e. The van der Waals surface area contributed by atoms with E-state index in [2.05, 4.69) is 168 Å². The van der Waals surface area contributed by atoms with Crippen LogP contribution in [0.5, 0.6) is 0 Å². The second-order valence-corrected chi connectivity index (χ2v) is 14.8. The Bertz CT molecular complexity index is 3510. The average Bonchev–Trinajstić information content (AvgIpc) is 3.85. The third kappa shape index (κ3) is 5.14. The minimum atomic E-state index is 0.636. The lowest BCUT2D eigenvalue weighted by Gasteiger charge is -2.12. The van der Waals surface area contributed by atoms with Crippen LogP contribution in [0, 0.1) is 0 Å². The van der Waals surface area contributed by atoms with Crippen LogP contribution in [-0.4, -0.2) is 19.5 Å². The maximum atomic E-state index is 6.65. The predicted octanol–water partition coefficient (Wildman–Crippen LogP) is 13.8. The number of pyridine rings is 1. The van der Waals surface area contributed by atoms with Gasteiger partial charge in [0.1, 0.15) is 11.3 Å². The summed E-state index contributed by atoms with van der Waals surface area (Å²) in [6, 6.07) is 67.8. The van der Waals surface area contributed by atoms with E-state index in [1.807, 2.05) is 30.3 Å². The lowest BCUT2D eigenvalue weighted by molar-refractivity contribution is 0.669. The van der Waals surface area contributed by atoms with Crippen molar-refractivity contribution in [3.8, 4) is 50.8 Å². The third-order valence-corrected chi connectivity index (χ3v) is 11.4. The van der Waals surface area contributed by atoms with Crippen molar-refractivity contribution in [1.82, 2.24) is 19.5 Å². The SMILES string of the molecule is c1ccc(-c2cc(-c3ccc(-n4c5ccccc5c5ccccc54)cc3)nc(-c3cccc(-c4nc5cc6ccccc6cc5c5c4oc4ccccc45)c3)n2)cc1. The molecule has 0 saturated heterocycles. The molecular formula is C53H32N4O. The first kappa shape index (κ1) is 32.4. The van der Waals surface area contributed by atoms with E-state index in [4.69, 9.17) is 19.4 Å². The number of furan rings is 1. The second-order valence-electron chi connectivity index (χ2n) is 14.8. The maximum absolute atomic E-state index is 6.65. The molecule has 0 radical (unpaired) electrons. The number of nitrogens with zero attached hydrogens (tertiary/aromatic N) is 4. The summed E-state index contributed by atoms with van der Waals surface area (Å²) in [6.07, 6.45) is 0. The molecule has 0 amide bonds. The Labute approximate surface area is 333 Å². The van der Waals surface area contributed by atoms with Crippen LogP contribution in [0.1, 0.15) is 0 Å². The van der Waals surface area contributed by atoms with Crippen LogP contribution in [0.3, 0.4) is 0 Å². The lowest BCUT2D eigenvalue weighted by atomic mass is 9.99. The molecule has 4 heterocycles. The van der Waals surface area contributed by atoms with Gasteiger partial charge in [-0.25, -0.2) is 15.0 Å². The molecule has 0 aliphatic heterocycles. The van der Waals surface area contributed by atoms with Gasteiger partial charge in [0, 0.05) is 54.9 Å². The minimum absolute atomic E-state index is 0.636. The third-order valence-electron chi connectivity index (χ3n) is 11.4. The molecule has 0 fully saturated rings. The highest BCUT2D eigenvalue weighted by molar-refractivity contribution is 6.22. The van der Waals surface area contributed by atoms with Crippen LogP contribution in [0.15, 0.2) is 199 Å². The molecule has 4 aromatic heterocycles. The van der Waals surface area contributed by atoms with Gasteiger partial charge in [0.25, 0.3) is 0 Å². The van der Waals surface area contributed by atoms with Crippen molar-refractivity contribution >= 4 is 65.4 Å². The Morgan fingerprint density at radius 3 is 1.72 bits per heavy atom. The fourth-order valence-corrected chi connectivity index (χ4v) is 8.64. The smallest absolute Gasteiger partial charge is 0.162 e. The highest BCUT2D eigenvalue weighted by Crippen LogP contribution is 2.41. The quantitative estimate of drug-likeness (QED) is 0.165. The summed E-state index contributed by atoms with van der Waals surface area (Å²) >= 11 is 0. The largest absolute Gasteiger partial charge is 0.454 e. The number of hydrogen-bond donors (Lipinski definition) is 0. The Hall–Kier alpha value is -7.89. The van der Waals surface area contributed by atoms with Gasteiger partial charge in [-0.05, 0) is 65.4 Å². The standard InChI is InChI=1S/C53H32N4O/c1-2-13-33(14-3-1)44-32-45(34-25-27-39(28-26-34)57-47-22-9-6-19-40(47)41-20-7-10-23-48(41)57)56-53(55-44)38-18-12-17-37(29-38)51-52-50(42-21-8-11-24-49(42)58-52)43-30-35-15-4-5-16-36(35)31-46(43)54-51/h1-32H. The number of rotatable bonds is 5. The molecule has 0 N–H and O–H groups in total. The van der Waals surface area contributed by atoms with Crippen molar-refractivity contribution in [3.63, 3.8) is 0 Å². The van der Waals surface area contributed by atoms with Crippen molar-refractivity contribution in [2.75, 3.05) is 0 Å². The molecule has 0 aliphatic carbocycles. The number of para-hydroxylation sites is 3. The molecule has 0 atom stereocenters. The molecular weight excluding hydrogens is 709 g/mol. The first-order chi connectivity index (χ1) is 28.7. The van der Waals surface area contributed by atoms with Gasteiger partial charge in [0.05, 0.1) is 27.9 Å². The highest BCUT2D eigenvalue weighted by Gasteiger charge is 2.20. The second kappa shape index (κ2) is 12.8. The van der Waals surface area contributed by atoms with Gasteiger partial charge in [0.2, 0.25) is 0 Å². The predicted molar refractivity (Wildman–Crippen MR) is 238 cm³/mol. The molecule has 0 saturated carbocycles. The van der Waals surface area contributed by atoms with E-state index in [1.165, 1.54) is 27.2 Å². The van der Waals surface area contributed by atoms with Gasteiger partial charge in [-0.3, -0.25) is 0 Å². The van der Waals surface area contributed by atoms with Crippen LogP contribution in [0.2, 0.25) is 0 Å². The monoisotopic (exact) mass is 740 g/mol. The van der Waals surface area contributed by atoms with Crippen LogP contribution >= 0.6 is 0 Å². The van der Waals surface area contributed by atoms with Crippen molar-refractivity contribution in [2.24, 2.45) is 0 Å². The Balaban J connectivity index is 1.01. The fraction of sp³-hybridized carbons (Fsp3) is 0. The number of aromatic nitrogens is 4. The first-order valence-corrected chi connectivity index (χ1v) is 19.5. The van der Waals surface area contributed by atoms with E-state index in [0.717, 1.165) is 83.3 Å². The number of hydrogen-bond acceptors (Lipinski definition) is 4. The summed E-state index contributed by atoms with van der Waals surface area (Å²) < 4.78 is 8.98. The van der Waals surface area contributed by atoms with Gasteiger partial charge < -0.3 is 8.98 Å². The van der Waals surface area contributed by atoms with E-state index >= 15 is 0 Å². The Morgan fingerprint density at radius 2 is 0.983 bits per heavy atom. The van der Waals surface area contributed by atoms with E-state index in [-0.39, 0.29) is 0 Å². The van der Waals surface area contributed by atoms with Crippen LogP contribution in [-0.2, 0) is 0 Å². The van der Waals surface area contributed by atoms with E-state index in [0.29, 0.717) is 5.82 Å². The molecule has 58 heavy (non-hydrogen) atoms. The van der Waals surface area contributed by atoms with Gasteiger partial charge in [-0.15, -0.1) is 0 Å². The first-order valence-electron chi connectivity index (χ1n) is 19.5. The van der Waals surface area contributed by atoms with Gasteiger partial charge in [-0.2, -0.15) is 0 Å². The van der Waals surface area contributed by atoms with Gasteiger partial charge in [0.15, 0.2) is 11.4 Å². The molecule has 0 aliphatic rings. The van der Waals surface area contributed by atoms with Crippen molar-refractivity contribution < 1.29 is 4.42 Å². The fourth-order valence-electron chi connectivity index (χ4n) is 8.64. The summed E-state index contributed by atoms with van der Waals surface area (Å²) in [5.41, 5.74) is 12.3. The van der Waals surface area contributed by atoms with Crippen molar-refractivity contribution in [3.05, 3.63) is 194 Å². The molecule has 0 unspecified atom stereocenters. The van der Waals surface area contributed by atoms with Crippen LogP contribution in [0.4, 0.5) is 0 Å². The zero-order valence-corrected chi connectivity index (χ0v) is 31.2. The minimum Gasteiger partial charge on any atom is -0.454 e. The lowest BCUT2D eigenvalue weighted by Crippen LogP contribution is -1.97. The van der Waals surface area contributed by atoms with Gasteiger partial charge >= 0.3 is 0 Å². The molecule has 12 aromatic rings. The zero-order valence-electron chi connectivity index (χ0n) is 31.2. The normalized spacial score (nSPS) is 11.8.